The summed E-state index contributed by atoms with van der Waals surface area (Å²) in [6.45, 7) is 5.79. The van der Waals surface area contributed by atoms with Gasteiger partial charge in [0.25, 0.3) is 0 Å². The fourth-order valence-corrected chi connectivity index (χ4v) is 3.24. The molecule has 1 heterocycles. The topological polar surface area (TPSA) is 49.4 Å². The molecule has 0 bridgehead atoms. The molecule has 4 nitrogen and oxygen atoms in total. The first kappa shape index (κ1) is 14.4. The molecule has 1 spiro atoms. The van der Waals surface area contributed by atoms with Crippen molar-refractivity contribution in [2.75, 3.05) is 13.1 Å². The van der Waals surface area contributed by atoms with E-state index in [-0.39, 0.29) is 11.8 Å². The lowest BCUT2D eigenvalue weighted by Gasteiger charge is -2.31. The predicted molar refractivity (Wildman–Crippen MR) is 74.6 cm³/mol. The lowest BCUT2D eigenvalue weighted by atomic mass is 9.95. The van der Waals surface area contributed by atoms with Crippen LogP contribution in [0.4, 0.5) is 0 Å². The quantitative estimate of drug-likeness (QED) is 0.847. The summed E-state index contributed by atoms with van der Waals surface area (Å²) in [7, 11) is 0. The molecular weight excluding hydrogens is 240 g/mol. The van der Waals surface area contributed by atoms with E-state index in [0.717, 1.165) is 45.1 Å². The van der Waals surface area contributed by atoms with E-state index in [1.165, 1.54) is 0 Å². The molecular formula is C15H26N2O2. The lowest BCUT2D eigenvalue weighted by Crippen LogP contribution is -2.55. The van der Waals surface area contributed by atoms with Gasteiger partial charge in [-0.2, -0.15) is 0 Å². The van der Waals surface area contributed by atoms with Crippen molar-refractivity contribution in [2.24, 2.45) is 5.92 Å². The first-order chi connectivity index (χ1) is 9.03. The van der Waals surface area contributed by atoms with Gasteiger partial charge in [-0.05, 0) is 31.6 Å². The Kier molecular flexibility index (Phi) is 4.48. The molecule has 4 heteroatoms. The van der Waals surface area contributed by atoms with E-state index in [1.54, 1.807) is 0 Å². The van der Waals surface area contributed by atoms with Crippen LogP contribution in [0.1, 0.15) is 58.8 Å². The van der Waals surface area contributed by atoms with Gasteiger partial charge in [0.1, 0.15) is 5.54 Å². The van der Waals surface area contributed by atoms with Gasteiger partial charge in [0.05, 0.1) is 0 Å². The maximum atomic E-state index is 12.7. The summed E-state index contributed by atoms with van der Waals surface area (Å²) >= 11 is 0. The Balaban J connectivity index is 2.02. The molecule has 0 atom stereocenters. The number of carbonyl (C=O) groups is 2. The van der Waals surface area contributed by atoms with Crippen LogP contribution in [-0.4, -0.2) is 35.3 Å². The molecule has 108 valence electrons. The Morgan fingerprint density at radius 1 is 1.26 bits per heavy atom. The van der Waals surface area contributed by atoms with Crippen molar-refractivity contribution in [3.8, 4) is 0 Å². The average Bonchev–Trinajstić information content (AvgIpc) is 2.77. The molecule has 19 heavy (non-hydrogen) atoms. The van der Waals surface area contributed by atoms with Crippen LogP contribution in [-0.2, 0) is 9.59 Å². The first-order valence-corrected chi connectivity index (χ1v) is 7.64. The molecule has 2 aliphatic rings. The predicted octanol–water partition coefficient (Wildman–Crippen LogP) is 2.08. The summed E-state index contributed by atoms with van der Waals surface area (Å²) in [4.78, 5) is 26.5. The molecule has 0 aromatic carbocycles. The largest absolute Gasteiger partial charge is 0.342 e. The normalized spacial score (nSPS) is 23.0. The zero-order valence-corrected chi connectivity index (χ0v) is 12.2. The zero-order valence-electron chi connectivity index (χ0n) is 12.2. The van der Waals surface area contributed by atoms with Crippen LogP contribution in [0.3, 0.4) is 0 Å². The lowest BCUT2D eigenvalue weighted by molar-refractivity contribution is -0.138. The Morgan fingerprint density at radius 3 is 2.58 bits per heavy atom. The van der Waals surface area contributed by atoms with Gasteiger partial charge >= 0.3 is 0 Å². The van der Waals surface area contributed by atoms with Gasteiger partial charge in [0.2, 0.25) is 11.8 Å². The number of hydrogen-bond donors (Lipinski definition) is 1. The molecule has 2 fully saturated rings. The van der Waals surface area contributed by atoms with Crippen molar-refractivity contribution in [3.05, 3.63) is 0 Å². The van der Waals surface area contributed by atoms with E-state index in [9.17, 15) is 9.59 Å². The highest BCUT2D eigenvalue weighted by atomic mass is 16.2. The summed E-state index contributed by atoms with van der Waals surface area (Å²) < 4.78 is 0. The van der Waals surface area contributed by atoms with Crippen LogP contribution >= 0.6 is 0 Å². The van der Waals surface area contributed by atoms with Crippen molar-refractivity contribution in [1.82, 2.24) is 10.2 Å². The Hall–Kier alpha value is -1.06. The minimum absolute atomic E-state index is 0.0432. The molecule has 0 aromatic heterocycles. The number of rotatable bonds is 4. The fraction of sp³-hybridized carbons (Fsp3) is 0.867. The molecule has 2 amide bonds. The average molecular weight is 266 g/mol. The van der Waals surface area contributed by atoms with E-state index in [2.05, 4.69) is 19.2 Å². The van der Waals surface area contributed by atoms with E-state index in [4.69, 9.17) is 0 Å². The molecule has 1 aliphatic heterocycles. The molecule has 2 rings (SSSR count). The highest BCUT2D eigenvalue weighted by Gasteiger charge is 2.46. The Bertz CT molecular complexity index is 346. The van der Waals surface area contributed by atoms with Crippen molar-refractivity contribution in [1.29, 1.82) is 0 Å². The third-order valence-electron chi connectivity index (χ3n) is 4.35. The number of hydrogen-bond acceptors (Lipinski definition) is 2. The molecule has 1 N–H and O–H groups in total. The highest BCUT2D eigenvalue weighted by molar-refractivity contribution is 5.93. The van der Waals surface area contributed by atoms with Crippen LogP contribution in [0.5, 0.6) is 0 Å². The summed E-state index contributed by atoms with van der Waals surface area (Å²) in [5.74, 6) is 0.878. The number of nitrogens with zero attached hydrogens (tertiary/aromatic N) is 1. The third-order valence-corrected chi connectivity index (χ3v) is 4.35. The summed E-state index contributed by atoms with van der Waals surface area (Å²) in [5.41, 5.74) is -0.564. The van der Waals surface area contributed by atoms with Crippen LogP contribution in [0.2, 0.25) is 0 Å². The zero-order chi connectivity index (χ0) is 13.9. The van der Waals surface area contributed by atoms with Crippen LogP contribution in [0.25, 0.3) is 0 Å². The molecule has 0 aromatic rings. The van der Waals surface area contributed by atoms with Crippen molar-refractivity contribution in [2.45, 2.75) is 64.3 Å². The van der Waals surface area contributed by atoms with E-state index in [1.807, 2.05) is 4.90 Å². The Labute approximate surface area is 115 Å². The van der Waals surface area contributed by atoms with Gasteiger partial charge in [0, 0.05) is 19.5 Å². The van der Waals surface area contributed by atoms with Crippen LogP contribution < -0.4 is 5.32 Å². The third kappa shape index (κ3) is 3.28. The van der Waals surface area contributed by atoms with E-state index >= 15 is 0 Å². The van der Waals surface area contributed by atoms with Crippen LogP contribution in [0, 0.1) is 5.92 Å². The number of amides is 2. The number of carbonyl (C=O) groups excluding carboxylic acids is 2. The fourth-order valence-electron chi connectivity index (χ4n) is 3.24. The molecule has 1 saturated heterocycles. The minimum atomic E-state index is -0.564. The molecule has 1 aliphatic carbocycles. The maximum absolute atomic E-state index is 12.7. The summed E-state index contributed by atoms with van der Waals surface area (Å²) in [6.07, 6.45) is 6.36. The van der Waals surface area contributed by atoms with E-state index < -0.39 is 5.54 Å². The van der Waals surface area contributed by atoms with Gasteiger partial charge in [-0.15, -0.1) is 0 Å². The molecule has 0 radical (unpaired) electrons. The SMILES string of the molecule is CC(C)CCCN1CCC(=O)NC2(CCCC2)C1=O. The summed E-state index contributed by atoms with van der Waals surface area (Å²) in [5, 5.41) is 3.00. The number of nitrogens with one attached hydrogen (secondary N) is 1. The van der Waals surface area contributed by atoms with Crippen molar-refractivity contribution >= 4 is 11.8 Å². The van der Waals surface area contributed by atoms with Gasteiger partial charge in [-0.1, -0.05) is 26.7 Å². The Morgan fingerprint density at radius 2 is 1.95 bits per heavy atom. The van der Waals surface area contributed by atoms with Gasteiger partial charge in [-0.3, -0.25) is 9.59 Å². The highest BCUT2D eigenvalue weighted by Crippen LogP contribution is 2.33. The second kappa shape index (κ2) is 5.93. The monoisotopic (exact) mass is 266 g/mol. The molecule has 1 saturated carbocycles. The van der Waals surface area contributed by atoms with Crippen LogP contribution in [0.15, 0.2) is 0 Å². The maximum Gasteiger partial charge on any atom is 0.248 e. The van der Waals surface area contributed by atoms with Gasteiger partial charge in [-0.25, -0.2) is 0 Å². The first-order valence-electron chi connectivity index (χ1n) is 7.64. The smallest absolute Gasteiger partial charge is 0.248 e. The molecule has 0 unspecified atom stereocenters. The van der Waals surface area contributed by atoms with Crippen molar-refractivity contribution in [3.63, 3.8) is 0 Å². The van der Waals surface area contributed by atoms with E-state index in [0.29, 0.717) is 18.9 Å². The summed E-state index contributed by atoms with van der Waals surface area (Å²) in [6, 6.07) is 0. The second-order valence-corrected chi connectivity index (χ2v) is 6.42. The van der Waals surface area contributed by atoms with Crippen molar-refractivity contribution < 1.29 is 9.59 Å². The van der Waals surface area contributed by atoms with Gasteiger partial charge in [0.15, 0.2) is 0 Å². The minimum Gasteiger partial charge on any atom is -0.342 e. The standard InChI is InChI=1S/C15H26N2O2/c1-12(2)6-5-10-17-11-7-13(18)16-15(14(17)19)8-3-4-9-15/h12H,3-11H2,1-2H3,(H,16,18). The van der Waals surface area contributed by atoms with Gasteiger partial charge < -0.3 is 10.2 Å². The second-order valence-electron chi connectivity index (χ2n) is 6.42.